The third kappa shape index (κ3) is 4.78. The van der Waals surface area contributed by atoms with E-state index in [4.69, 9.17) is 25.5 Å². The van der Waals surface area contributed by atoms with Crippen molar-refractivity contribution in [1.82, 2.24) is 0 Å². The first-order valence-electron chi connectivity index (χ1n) is 9.67. The summed E-state index contributed by atoms with van der Waals surface area (Å²) < 4.78 is 16.9. The van der Waals surface area contributed by atoms with Crippen LogP contribution in [0, 0.1) is 6.92 Å². The molecule has 1 heterocycles. The zero-order valence-corrected chi connectivity index (χ0v) is 17.5. The van der Waals surface area contributed by atoms with Crippen molar-refractivity contribution in [2.75, 3.05) is 6.61 Å². The van der Waals surface area contributed by atoms with E-state index in [1.165, 1.54) is 0 Å². The van der Waals surface area contributed by atoms with Crippen molar-refractivity contribution < 1.29 is 18.7 Å². The fourth-order valence-electron chi connectivity index (χ4n) is 3.12. The van der Waals surface area contributed by atoms with Crippen LogP contribution in [0.1, 0.15) is 11.1 Å². The summed E-state index contributed by atoms with van der Waals surface area (Å²) >= 11 is 5.99. The van der Waals surface area contributed by atoms with Crippen LogP contribution in [0.4, 0.5) is 0 Å². The van der Waals surface area contributed by atoms with Crippen molar-refractivity contribution in [1.29, 1.82) is 0 Å². The maximum atomic E-state index is 13.1. The zero-order chi connectivity index (χ0) is 21.8. The predicted octanol–water partition coefficient (Wildman–Crippen LogP) is 5.54. The van der Waals surface area contributed by atoms with Crippen molar-refractivity contribution in [3.05, 3.63) is 99.2 Å². The maximum Gasteiger partial charge on any atom is 0.344 e. The average molecular weight is 435 g/mol. The molecule has 0 atom stereocenters. The molecule has 0 fully saturated rings. The Morgan fingerprint density at radius 1 is 1.00 bits per heavy atom. The van der Waals surface area contributed by atoms with Gasteiger partial charge in [0.15, 0.2) is 12.4 Å². The molecule has 0 unspecified atom stereocenters. The molecule has 31 heavy (non-hydrogen) atoms. The van der Waals surface area contributed by atoms with Gasteiger partial charge in [0, 0.05) is 10.6 Å². The summed E-state index contributed by atoms with van der Waals surface area (Å²) in [5, 5.41) is 0.922. The summed E-state index contributed by atoms with van der Waals surface area (Å²) in [4.78, 5) is 25.3. The van der Waals surface area contributed by atoms with Crippen LogP contribution in [-0.2, 0) is 16.1 Å². The molecule has 0 saturated carbocycles. The zero-order valence-electron chi connectivity index (χ0n) is 16.8. The smallest absolute Gasteiger partial charge is 0.344 e. The van der Waals surface area contributed by atoms with Crippen LogP contribution in [0.15, 0.2) is 82.0 Å². The number of carbonyl (C=O) groups excluding carboxylic acids is 1. The predicted molar refractivity (Wildman–Crippen MR) is 119 cm³/mol. The summed E-state index contributed by atoms with van der Waals surface area (Å²) in [6.07, 6.45) is 0. The first kappa shape index (κ1) is 20.7. The molecule has 6 heteroatoms. The third-order valence-electron chi connectivity index (χ3n) is 4.69. The number of rotatable bonds is 6. The Balaban J connectivity index is 1.63. The molecular weight excluding hydrogens is 416 g/mol. The molecule has 0 aliphatic heterocycles. The highest BCUT2D eigenvalue weighted by molar-refractivity contribution is 6.30. The van der Waals surface area contributed by atoms with Crippen LogP contribution >= 0.6 is 11.6 Å². The number of hydrogen-bond acceptors (Lipinski definition) is 5. The van der Waals surface area contributed by atoms with Gasteiger partial charge >= 0.3 is 5.97 Å². The Bertz CT molecular complexity index is 1280. The van der Waals surface area contributed by atoms with Crippen LogP contribution in [0.5, 0.6) is 5.75 Å². The fourth-order valence-corrected chi connectivity index (χ4v) is 3.24. The fraction of sp³-hybridized carbons (Fsp3) is 0.120. The van der Waals surface area contributed by atoms with Gasteiger partial charge in [0.2, 0.25) is 11.2 Å². The van der Waals surface area contributed by atoms with Gasteiger partial charge in [-0.2, -0.15) is 0 Å². The van der Waals surface area contributed by atoms with Crippen LogP contribution in [0.25, 0.3) is 22.3 Å². The lowest BCUT2D eigenvalue weighted by Gasteiger charge is -2.12. The quantitative estimate of drug-likeness (QED) is 0.372. The number of halogens is 1. The summed E-state index contributed by atoms with van der Waals surface area (Å²) in [6, 6.07) is 21.4. The molecule has 0 bridgehead atoms. The Kier molecular flexibility index (Phi) is 6.05. The molecule has 0 aliphatic rings. The van der Waals surface area contributed by atoms with E-state index in [9.17, 15) is 9.59 Å². The van der Waals surface area contributed by atoms with Gasteiger partial charge in [-0.05, 0) is 54.4 Å². The second-order valence-corrected chi connectivity index (χ2v) is 7.47. The Hall–Kier alpha value is -3.57. The van der Waals surface area contributed by atoms with E-state index >= 15 is 0 Å². The molecule has 156 valence electrons. The largest absolute Gasteiger partial charge is 0.474 e. The van der Waals surface area contributed by atoms with Gasteiger partial charge in [0.05, 0.1) is 5.39 Å². The molecule has 5 nitrogen and oxygen atoms in total. The van der Waals surface area contributed by atoms with E-state index in [1.54, 1.807) is 36.4 Å². The Morgan fingerprint density at radius 3 is 2.48 bits per heavy atom. The van der Waals surface area contributed by atoms with Crippen LogP contribution in [0.3, 0.4) is 0 Å². The molecular formula is C25H19ClO5. The van der Waals surface area contributed by atoms with Crippen molar-refractivity contribution in [2.24, 2.45) is 0 Å². The SMILES string of the molecule is Cc1ccc2c(=O)c(OCC(=O)OCc3ccccc3)c(-c3ccc(Cl)cc3)oc2c1. The molecule has 4 aromatic rings. The topological polar surface area (TPSA) is 65.7 Å². The van der Waals surface area contributed by atoms with Crippen molar-refractivity contribution >= 4 is 28.5 Å². The van der Waals surface area contributed by atoms with E-state index in [0.29, 0.717) is 21.6 Å². The number of hydrogen-bond donors (Lipinski definition) is 0. The number of fused-ring (bicyclic) bond motifs is 1. The third-order valence-corrected chi connectivity index (χ3v) is 4.94. The number of aryl methyl sites for hydroxylation is 1. The summed E-state index contributed by atoms with van der Waals surface area (Å²) in [6.45, 7) is 1.61. The number of benzene rings is 3. The van der Waals surface area contributed by atoms with Gasteiger partial charge in [-0.25, -0.2) is 4.79 Å². The van der Waals surface area contributed by atoms with E-state index < -0.39 is 12.6 Å². The number of esters is 1. The normalized spacial score (nSPS) is 10.8. The number of carbonyl (C=O) groups is 1. The molecule has 0 spiro atoms. The summed E-state index contributed by atoms with van der Waals surface area (Å²) in [5.74, 6) is -0.403. The molecule has 1 aromatic heterocycles. The van der Waals surface area contributed by atoms with E-state index in [-0.39, 0.29) is 23.5 Å². The highest BCUT2D eigenvalue weighted by Crippen LogP contribution is 2.32. The molecule has 0 saturated heterocycles. The van der Waals surface area contributed by atoms with Crippen molar-refractivity contribution in [3.63, 3.8) is 0 Å². The second-order valence-electron chi connectivity index (χ2n) is 7.03. The minimum absolute atomic E-state index is 0.0460. The van der Waals surface area contributed by atoms with Gasteiger partial charge in [-0.3, -0.25) is 4.79 Å². The molecule has 0 radical (unpaired) electrons. The highest BCUT2D eigenvalue weighted by atomic mass is 35.5. The first-order valence-corrected chi connectivity index (χ1v) is 10.0. The standard InChI is InChI=1S/C25H19ClO5/c1-16-7-12-20-21(13-16)31-24(18-8-10-19(26)11-9-18)25(23(20)28)30-15-22(27)29-14-17-5-3-2-4-6-17/h2-13H,14-15H2,1H3. The first-order chi connectivity index (χ1) is 15.0. The molecule has 3 aromatic carbocycles. The molecule has 4 rings (SSSR count). The lowest BCUT2D eigenvalue weighted by molar-refractivity contribution is -0.147. The maximum absolute atomic E-state index is 13.1. The second kappa shape index (κ2) is 9.06. The Labute approximate surface area is 183 Å². The molecule has 0 amide bonds. The monoisotopic (exact) mass is 434 g/mol. The van der Waals surface area contributed by atoms with Gasteiger partial charge in [-0.1, -0.05) is 48.0 Å². The minimum atomic E-state index is -0.589. The van der Waals surface area contributed by atoms with Crippen LogP contribution < -0.4 is 10.2 Å². The van der Waals surface area contributed by atoms with Crippen LogP contribution in [-0.4, -0.2) is 12.6 Å². The van der Waals surface area contributed by atoms with Crippen molar-refractivity contribution in [2.45, 2.75) is 13.5 Å². The Morgan fingerprint density at radius 2 is 1.74 bits per heavy atom. The highest BCUT2D eigenvalue weighted by Gasteiger charge is 2.19. The van der Waals surface area contributed by atoms with Gasteiger partial charge in [-0.15, -0.1) is 0 Å². The van der Waals surface area contributed by atoms with Gasteiger partial charge in [0.1, 0.15) is 12.2 Å². The average Bonchev–Trinajstić information content (AvgIpc) is 2.78. The van der Waals surface area contributed by atoms with Crippen molar-refractivity contribution in [3.8, 4) is 17.1 Å². The number of ether oxygens (including phenoxy) is 2. The van der Waals surface area contributed by atoms with Crippen LogP contribution in [0.2, 0.25) is 5.02 Å². The van der Waals surface area contributed by atoms with Gasteiger partial charge < -0.3 is 13.9 Å². The van der Waals surface area contributed by atoms with E-state index in [2.05, 4.69) is 0 Å². The molecule has 0 aliphatic carbocycles. The summed E-state index contributed by atoms with van der Waals surface area (Å²) in [5.41, 5.74) is 2.50. The minimum Gasteiger partial charge on any atom is -0.474 e. The molecule has 0 N–H and O–H groups in total. The van der Waals surface area contributed by atoms with Gasteiger partial charge in [0.25, 0.3) is 0 Å². The summed E-state index contributed by atoms with van der Waals surface area (Å²) in [7, 11) is 0. The van der Waals surface area contributed by atoms with E-state index in [1.807, 2.05) is 43.3 Å². The lowest BCUT2D eigenvalue weighted by atomic mass is 10.1. The lowest BCUT2D eigenvalue weighted by Crippen LogP contribution is -2.19. The van der Waals surface area contributed by atoms with E-state index in [0.717, 1.165) is 11.1 Å².